The number of carbonyl (C=O) groups is 4. The Morgan fingerprint density at radius 2 is 1.78 bits per heavy atom. The summed E-state index contributed by atoms with van der Waals surface area (Å²) in [7, 11) is -3.87. The second-order valence-electron chi connectivity index (χ2n) is 16.4. The number of aryl methyl sites for hydroxylation is 1. The summed E-state index contributed by atoms with van der Waals surface area (Å²) in [5.74, 6) is -1.96. The smallest absolute Gasteiger partial charge is 0.407 e. The number of hydrogen-bond acceptors (Lipinski definition) is 10. The number of nitrogens with zero attached hydrogens (tertiary/aromatic N) is 3. The molecular formula is C40H50N6O8S. The van der Waals surface area contributed by atoms with Gasteiger partial charge in [-0.3, -0.25) is 19.1 Å². The van der Waals surface area contributed by atoms with Crippen LogP contribution in [-0.4, -0.2) is 89.2 Å². The summed E-state index contributed by atoms with van der Waals surface area (Å²) in [5, 5.41) is 5.03. The van der Waals surface area contributed by atoms with Crippen molar-refractivity contribution in [2.24, 2.45) is 11.3 Å². The molecule has 14 nitrogen and oxygen atoms in total. The van der Waals surface area contributed by atoms with E-state index in [1.165, 1.54) is 4.90 Å². The Kier molecular flexibility index (Phi) is 10.5. The first-order chi connectivity index (χ1) is 26.2. The lowest BCUT2D eigenvalue weighted by molar-refractivity contribution is -0.143. The predicted molar refractivity (Wildman–Crippen MR) is 204 cm³/mol. The summed E-state index contributed by atoms with van der Waals surface area (Å²) in [5.41, 5.74) is 1.45. The molecule has 4 amide bonds. The van der Waals surface area contributed by atoms with Gasteiger partial charge in [-0.15, -0.1) is 0 Å². The van der Waals surface area contributed by atoms with E-state index in [0.717, 1.165) is 30.4 Å². The number of ether oxygens (including phenoxy) is 2. The molecule has 1 aromatic heterocycles. The SMILES string of the molecule is CC[C@@H]1C[C@@]1(NC(=O)[C@@H]1C[C@@H]2CN1C(=O)[C@H](C(C)(C)C)NC(=O)OCCCCCc1ccc3nc(-c4ccccc4)c(nc3c1)O2)C(=O)NS(=O)(=O)C1CC1. The van der Waals surface area contributed by atoms with Crippen molar-refractivity contribution in [3.63, 3.8) is 0 Å². The Morgan fingerprint density at radius 3 is 2.47 bits per heavy atom. The Hall–Kier alpha value is -4.79. The number of amides is 4. The maximum Gasteiger partial charge on any atom is 0.407 e. The number of rotatable bonds is 7. The van der Waals surface area contributed by atoms with E-state index in [1.807, 2.05) is 76.2 Å². The van der Waals surface area contributed by atoms with Crippen LogP contribution >= 0.6 is 0 Å². The molecule has 0 unspecified atom stereocenters. The normalized spacial score (nSPS) is 26.3. The standard InChI is InChI=1S/C40H50N6O8S/c1-5-26-22-40(26,37(49)45-55(51,52)28-16-17-28)44-34(47)31-21-27-23-46(31)36(48)33(39(2,3)4)43-38(50)53-19-11-7-8-12-24-15-18-29-30(20-24)42-35(54-27)32(41-29)25-13-9-6-10-14-25/h6,9-10,13-15,18,20,26-28,31,33H,5,7-8,11-12,16-17,19,21-23H2,1-4H3,(H,43,50)(H,44,47)(H,45,49)/t26-,27-,31+,33-,40+/m1/s1. The molecule has 7 rings (SSSR count). The average Bonchev–Trinajstić information content (AvgIpc) is 4.08. The Labute approximate surface area is 321 Å². The molecule has 1 saturated heterocycles. The van der Waals surface area contributed by atoms with E-state index in [4.69, 9.17) is 19.4 Å². The zero-order chi connectivity index (χ0) is 39.1. The van der Waals surface area contributed by atoms with E-state index in [-0.39, 0.29) is 37.8 Å². The van der Waals surface area contributed by atoms with Gasteiger partial charge in [0, 0.05) is 12.0 Å². The van der Waals surface area contributed by atoms with Gasteiger partial charge in [-0.1, -0.05) is 70.5 Å². The summed E-state index contributed by atoms with van der Waals surface area (Å²) in [6, 6.07) is 13.3. The number of sulfonamides is 1. The van der Waals surface area contributed by atoms with Gasteiger partial charge in [0.05, 0.1) is 29.4 Å². The summed E-state index contributed by atoms with van der Waals surface area (Å²) in [4.78, 5) is 67.1. The van der Waals surface area contributed by atoms with Crippen LogP contribution in [0.3, 0.4) is 0 Å². The number of hydrogen-bond donors (Lipinski definition) is 3. The molecule has 5 bridgehead atoms. The minimum absolute atomic E-state index is 0.0295. The molecule has 55 heavy (non-hydrogen) atoms. The number of carbonyl (C=O) groups excluding carboxylic acids is 4. The highest BCUT2D eigenvalue weighted by Gasteiger charge is 2.62. The molecule has 3 fully saturated rings. The van der Waals surface area contributed by atoms with Crippen LogP contribution < -0.4 is 20.1 Å². The molecule has 2 aromatic carbocycles. The lowest BCUT2D eigenvalue weighted by Gasteiger charge is -2.35. The van der Waals surface area contributed by atoms with Crippen molar-refractivity contribution in [1.29, 1.82) is 0 Å². The van der Waals surface area contributed by atoms with E-state index in [0.29, 0.717) is 42.4 Å². The minimum atomic E-state index is -3.87. The van der Waals surface area contributed by atoms with Gasteiger partial charge in [0.1, 0.15) is 29.4 Å². The van der Waals surface area contributed by atoms with Gasteiger partial charge in [0.25, 0.3) is 5.91 Å². The fraction of sp³-hybridized carbons (Fsp3) is 0.550. The second-order valence-corrected chi connectivity index (χ2v) is 18.3. The van der Waals surface area contributed by atoms with Crippen LogP contribution in [0.25, 0.3) is 22.3 Å². The average molecular weight is 775 g/mol. The summed E-state index contributed by atoms with van der Waals surface area (Å²) in [6.07, 6.45) is 3.41. The van der Waals surface area contributed by atoms with Crippen molar-refractivity contribution in [2.45, 2.75) is 114 Å². The van der Waals surface area contributed by atoms with Crippen molar-refractivity contribution in [1.82, 2.24) is 30.2 Å². The summed E-state index contributed by atoms with van der Waals surface area (Å²) in [6.45, 7) is 7.44. The van der Waals surface area contributed by atoms with Crippen LogP contribution in [0.4, 0.5) is 4.79 Å². The number of cyclic esters (lactones) is 1. The van der Waals surface area contributed by atoms with Gasteiger partial charge in [-0.2, -0.15) is 0 Å². The molecule has 3 heterocycles. The first-order valence-corrected chi connectivity index (χ1v) is 20.9. The highest BCUT2D eigenvalue weighted by molar-refractivity contribution is 7.91. The van der Waals surface area contributed by atoms with Crippen molar-refractivity contribution >= 4 is 44.9 Å². The highest BCUT2D eigenvalue weighted by atomic mass is 32.2. The third-order valence-corrected chi connectivity index (χ3v) is 13.0. The number of alkyl carbamates (subject to hydrolysis) is 1. The van der Waals surface area contributed by atoms with Crippen LogP contribution in [0.15, 0.2) is 48.5 Å². The van der Waals surface area contributed by atoms with Crippen LogP contribution in [-0.2, 0) is 35.6 Å². The van der Waals surface area contributed by atoms with Crippen molar-refractivity contribution in [3.8, 4) is 17.1 Å². The monoisotopic (exact) mass is 774 g/mol. The molecule has 2 aliphatic carbocycles. The van der Waals surface area contributed by atoms with Crippen LogP contribution in [0.1, 0.15) is 84.6 Å². The first-order valence-electron chi connectivity index (χ1n) is 19.3. The zero-order valence-corrected chi connectivity index (χ0v) is 32.6. The molecule has 294 valence electrons. The summed E-state index contributed by atoms with van der Waals surface area (Å²) < 4.78 is 39.9. The molecule has 2 saturated carbocycles. The quantitative estimate of drug-likeness (QED) is 0.311. The van der Waals surface area contributed by atoms with Crippen molar-refractivity contribution in [3.05, 3.63) is 54.1 Å². The predicted octanol–water partition coefficient (Wildman–Crippen LogP) is 4.41. The van der Waals surface area contributed by atoms with E-state index < -0.39 is 68.2 Å². The Morgan fingerprint density at radius 1 is 1.02 bits per heavy atom. The molecule has 0 spiro atoms. The van der Waals surface area contributed by atoms with Crippen LogP contribution in [0, 0.1) is 11.3 Å². The van der Waals surface area contributed by atoms with Crippen LogP contribution in [0.2, 0.25) is 0 Å². The largest absolute Gasteiger partial charge is 0.471 e. The molecular weight excluding hydrogens is 725 g/mol. The van der Waals surface area contributed by atoms with E-state index in [1.54, 1.807) is 0 Å². The minimum Gasteiger partial charge on any atom is -0.471 e. The third kappa shape index (κ3) is 8.26. The van der Waals surface area contributed by atoms with Crippen molar-refractivity contribution < 1.29 is 37.1 Å². The molecule has 15 heteroatoms. The van der Waals surface area contributed by atoms with E-state index in [9.17, 15) is 27.6 Å². The molecule has 0 radical (unpaired) electrons. The number of fused-ring (bicyclic) bond motifs is 4. The van der Waals surface area contributed by atoms with Gasteiger partial charge in [-0.05, 0) is 74.0 Å². The van der Waals surface area contributed by atoms with Gasteiger partial charge in [0.2, 0.25) is 27.7 Å². The fourth-order valence-electron chi connectivity index (χ4n) is 7.68. The number of nitrogens with one attached hydrogen (secondary N) is 3. The summed E-state index contributed by atoms with van der Waals surface area (Å²) >= 11 is 0. The van der Waals surface area contributed by atoms with Gasteiger partial charge < -0.3 is 25.0 Å². The Bertz CT molecular complexity index is 2090. The van der Waals surface area contributed by atoms with Crippen LogP contribution in [0.5, 0.6) is 5.88 Å². The molecule has 2 aliphatic heterocycles. The van der Waals surface area contributed by atoms with E-state index in [2.05, 4.69) is 15.4 Å². The second kappa shape index (κ2) is 15.0. The first kappa shape index (κ1) is 38.5. The zero-order valence-electron chi connectivity index (χ0n) is 31.8. The maximum atomic E-state index is 14.6. The molecule has 3 aromatic rings. The number of benzene rings is 2. The fourth-order valence-corrected chi connectivity index (χ4v) is 9.04. The molecule has 4 aliphatic rings. The topological polar surface area (TPSA) is 186 Å². The molecule has 5 atom stereocenters. The van der Waals surface area contributed by atoms with Gasteiger partial charge >= 0.3 is 6.09 Å². The highest BCUT2D eigenvalue weighted by Crippen LogP contribution is 2.47. The lowest BCUT2D eigenvalue weighted by atomic mass is 9.85. The van der Waals surface area contributed by atoms with Crippen molar-refractivity contribution in [2.75, 3.05) is 13.2 Å². The maximum absolute atomic E-state index is 14.6. The third-order valence-electron chi connectivity index (χ3n) is 11.1. The lowest BCUT2D eigenvalue weighted by Crippen LogP contribution is -2.60. The van der Waals surface area contributed by atoms with E-state index >= 15 is 0 Å². The molecule has 3 N–H and O–H groups in total. The van der Waals surface area contributed by atoms with Gasteiger partial charge in [-0.25, -0.2) is 23.2 Å². The Balaban J connectivity index is 1.25. The number of aromatic nitrogens is 2. The van der Waals surface area contributed by atoms with Gasteiger partial charge in [0.15, 0.2) is 0 Å².